The molecule has 2 atom stereocenters. The third-order valence-corrected chi connectivity index (χ3v) is 6.80. The van der Waals surface area contributed by atoms with Crippen molar-refractivity contribution in [3.8, 4) is 17.1 Å². The zero-order valence-electron chi connectivity index (χ0n) is 19.3. The van der Waals surface area contributed by atoms with Crippen LogP contribution < -0.4 is 9.64 Å². The molecule has 2 fully saturated rings. The van der Waals surface area contributed by atoms with Crippen LogP contribution >= 0.6 is 0 Å². The van der Waals surface area contributed by atoms with Crippen molar-refractivity contribution in [2.24, 2.45) is 0 Å². The summed E-state index contributed by atoms with van der Waals surface area (Å²) in [6, 6.07) is 11.0. The van der Waals surface area contributed by atoms with Gasteiger partial charge >= 0.3 is 0 Å². The molecule has 0 spiro atoms. The Bertz CT molecular complexity index is 1260. The second kappa shape index (κ2) is 9.67. The van der Waals surface area contributed by atoms with Crippen LogP contribution in [0.15, 0.2) is 48.7 Å². The van der Waals surface area contributed by atoms with Crippen molar-refractivity contribution in [2.75, 3.05) is 38.3 Å². The van der Waals surface area contributed by atoms with Crippen molar-refractivity contribution in [2.45, 2.75) is 24.9 Å². The van der Waals surface area contributed by atoms with E-state index in [1.807, 2.05) is 0 Å². The fourth-order valence-corrected chi connectivity index (χ4v) is 5.21. The van der Waals surface area contributed by atoms with E-state index in [4.69, 9.17) is 4.74 Å². The summed E-state index contributed by atoms with van der Waals surface area (Å²) in [5.41, 5.74) is 1.62. The van der Waals surface area contributed by atoms with E-state index in [0.717, 1.165) is 25.2 Å². The topological polar surface area (TPSA) is 78.8 Å². The number of carbonyl (C=O) groups excluding carboxylic acids is 1. The number of fused-ring (bicyclic) bond motifs is 2. The molecule has 5 rings (SSSR count). The number of likely N-dealkylation sites (tertiary alicyclic amines) is 1. The Balaban J connectivity index is 1.40. The molecule has 7 nitrogen and oxygen atoms in total. The van der Waals surface area contributed by atoms with Crippen LogP contribution in [0.4, 0.5) is 14.5 Å². The highest BCUT2D eigenvalue weighted by Crippen LogP contribution is 2.37. The van der Waals surface area contributed by atoms with Crippen molar-refractivity contribution in [3.63, 3.8) is 0 Å². The van der Waals surface area contributed by atoms with Crippen LogP contribution in [-0.4, -0.2) is 71.2 Å². The van der Waals surface area contributed by atoms with Crippen LogP contribution in [0.3, 0.4) is 0 Å². The average molecular weight is 481 g/mol. The van der Waals surface area contributed by atoms with Crippen molar-refractivity contribution in [1.29, 1.82) is 0 Å². The van der Waals surface area contributed by atoms with Gasteiger partial charge in [0.1, 0.15) is 23.1 Å². The molecule has 35 heavy (non-hydrogen) atoms. The molecule has 2 bridgehead atoms. The van der Waals surface area contributed by atoms with Crippen molar-refractivity contribution in [3.05, 3.63) is 71.6 Å². The Labute approximate surface area is 202 Å². The van der Waals surface area contributed by atoms with E-state index in [1.54, 1.807) is 12.1 Å². The molecule has 3 aromatic rings. The molecular weight excluding hydrogens is 454 g/mol. The first-order valence-electron chi connectivity index (χ1n) is 11.6. The summed E-state index contributed by atoms with van der Waals surface area (Å²) in [6.07, 6.45) is 2.33. The number of rotatable bonds is 8. The van der Waals surface area contributed by atoms with Gasteiger partial charge in [0.2, 0.25) is 0 Å². The van der Waals surface area contributed by atoms with Gasteiger partial charge < -0.3 is 14.7 Å². The molecule has 2 saturated heterocycles. The monoisotopic (exact) mass is 480 g/mol. The Hall–Kier alpha value is -3.43. The first-order valence-corrected chi connectivity index (χ1v) is 11.6. The molecule has 1 N–H and O–H groups in total. The smallest absolute Gasteiger partial charge is 0.185 e. The van der Waals surface area contributed by atoms with E-state index in [0.29, 0.717) is 18.2 Å². The molecule has 0 aliphatic carbocycles. The first-order chi connectivity index (χ1) is 17.0. The molecular formula is C26H26F2N4O3. The van der Waals surface area contributed by atoms with Gasteiger partial charge in [-0.05, 0) is 48.4 Å². The highest BCUT2D eigenvalue weighted by atomic mass is 19.1. The second-order valence-corrected chi connectivity index (χ2v) is 8.87. The zero-order chi connectivity index (χ0) is 24.5. The van der Waals surface area contributed by atoms with E-state index in [9.17, 15) is 18.7 Å². The van der Waals surface area contributed by atoms with E-state index >= 15 is 0 Å². The minimum Gasteiger partial charge on any atom is -0.496 e. The van der Waals surface area contributed by atoms with Gasteiger partial charge in [0, 0.05) is 50.0 Å². The normalized spacial score (nSPS) is 19.4. The minimum absolute atomic E-state index is 0.0473. The molecule has 2 aromatic carbocycles. The second-order valence-electron chi connectivity index (χ2n) is 8.87. The van der Waals surface area contributed by atoms with Gasteiger partial charge in [0.05, 0.1) is 19.3 Å². The standard InChI is InChI=1S/C26H26F2N4O3/c1-35-24-4-2-3-20(28)25(24)26-29-8-7-21(30-26)23(34)12-16-11-17(27)5-6-22(16)32-15-18-13-19(32)14-31(18)9-10-33/h2-8,11,18-19,33H,9-10,12-15H2,1H3/t18-,19-/m1/s1. The number of nitrogens with zero attached hydrogens (tertiary/aromatic N) is 4. The predicted molar refractivity (Wildman–Crippen MR) is 127 cm³/mol. The summed E-state index contributed by atoms with van der Waals surface area (Å²) < 4.78 is 34.0. The summed E-state index contributed by atoms with van der Waals surface area (Å²) in [7, 11) is 1.42. The van der Waals surface area contributed by atoms with Gasteiger partial charge in [-0.15, -0.1) is 0 Å². The number of β-amino-alcohol motifs (C(OH)–C–C–N with tert-alkyl or cyclic N) is 1. The number of benzene rings is 2. The Kier molecular flexibility index (Phi) is 6.44. The molecule has 2 aliphatic heterocycles. The Morgan fingerprint density at radius 3 is 2.77 bits per heavy atom. The number of halogens is 2. The molecule has 0 amide bonds. The summed E-state index contributed by atoms with van der Waals surface area (Å²) in [5.74, 6) is -0.975. The summed E-state index contributed by atoms with van der Waals surface area (Å²) in [4.78, 5) is 26.2. The predicted octanol–water partition coefficient (Wildman–Crippen LogP) is 3.11. The van der Waals surface area contributed by atoms with Crippen LogP contribution in [-0.2, 0) is 6.42 Å². The van der Waals surface area contributed by atoms with Gasteiger partial charge in [-0.25, -0.2) is 18.7 Å². The Morgan fingerprint density at radius 2 is 2.03 bits per heavy atom. The maximum absolute atomic E-state index is 14.5. The number of ether oxygens (including phenoxy) is 1. The molecule has 2 aliphatic rings. The number of ketones is 1. The summed E-state index contributed by atoms with van der Waals surface area (Å²) in [5, 5.41) is 9.28. The van der Waals surface area contributed by atoms with E-state index in [1.165, 1.54) is 43.6 Å². The quantitative estimate of drug-likeness (QED) is 0.497. The van der Waals surface area contributed by atoms with Gasteiger partial charge in [-0.3, -0.25) is 9.69 Å². The third kappa shape index (κ3) is 4.49. The fraction of sp³-hybridized carbons (Fsp3) is 0.346. The fourth-order valence-electron chi connectivity index (χ4n) is 5.21. The van der Waals surface area contributed by atoms with Crippen LogP contribution in [0, 0.1) is 11.6 Å². The first kappa shape index (κ1) is 23.3. The minimum atomic E-state index is -0.555. The van der Waals surface area contributed by atoms with Gasteiger partial charge in [-0.2, -0.15) is 0 Å². The third-order valence-electron chi connectivity index (χ3n) is 6.80. The highest BCUT2D eigenvalue weighted by Gasteiger charge is 2.43. The van der Waals surface area contributed by atoms with Crippen LogP contribution in [0.25, 0.3) is 11.4 Å². The molecule has 3 heterocycles. The SMILES string of the molecule is COc1cccc(F)c1-c1nccc(C(=O)Cc2cc(F)ccc2N2C[C@H]3C[C@@H]2CN3CCO)n1. The largest absolute Gasteiger partial charge is 0.496 e. The average Bonchev–Trinajstić information content (AvgIpc) is 3.45. The van der Waals surface area contributed by atoms with Crippen molar-refractivity contribution >= 4 is 11.5 Å². The lowest BCUT2D eigenvalue weighted by Gasteiger charge is -2.36. The number of piperazine rings is 1. The lowest BCUT2D eigenvalue weighted by atomic mass is 10.0. The van der Waals surface area contributed by atoms with Gasteiger partial charge in [0.25, 0.3) is 0 Å². The van der Waals surface area contributed by atoms with Crippen LogP contribution in [0.5, 0.6) is 5.75 Å². The summed E-state index contributed by atoms with van der Waals surface area (Å²) in [6.45, 7) is 2.36. The maximum atomic E-state index is 14.5. The zero-order valence-corrected chi connectivity index (χ0v) is 19.3. The van der Waals surface area contributed by atoms with E-state index < -0.39 is 11.6 Å². The Morgan fingerprint density at radius 1 is 1.17 bits per heavy atom. The van der Waals surface area contributed by atoms with Crippen molar-refractivity contribution in [1.82, 2.24) is 14.9 Å². The number of hydrogen-bond acceptors (Lipinski definition) is 7. The molecule has 1 aromatic heterocycles. The maximum Gasteiger partial charge on any atom is 0.185 e. The van der Waals surface area contributed by atoms with Crippen LogP contribution in [0.1, 0.15) is 22.5 Å². The lowest BCUT2D eigenvalue weighted by Crippen LogP contribution is -2.47. The van der Waals surface area contributed by atoms with Crippen LogP contribution in [0.2, 0.25) is 0 Å². The molecule has 9 heteroatoms. The number of hydrogen-bond donors (Lipinski definition) is 1. The molecule has 0 unspecified atom stereocenters. The molecule has 0 saturated carbocycles. The number of anilines is 1. The molecule has 0 radical (unpaired) electrons. The van der Waals surface area contributed by atoms with E-state index in [2.05, 4.69) is 19.8 Å². The van der Waals surface area contributed by atoms with Gasteiger partial charge in [0.15, 0.2) is 11.6 Å². The highest BCUT2D eigenvalue weighted by molar-refractivity contribution is 5.97. The number of carbonyl (C=O) groups is 1. The molecule has 182 valence electrons. The number of Topliss-reactive ketones (excluding diaryl/α,β-unsaturated/α-hetero) is 1. The van der Waals surface area contributed by atoms with Gasteiger partial charge in [-0.1, -0.05) is 6.07 Å². The summed E-state index contributed by atoms with van der Waals surface area (Å²) >= 11 is 0. The lowest BCUT2D eigenvalue weighted by molar-refractivity contribution is 0.0988. The number of methoxy groups -OCH3 is 1. The number of aliphatic hydroxyl groups is 1. The number of aromatic nitrogens is 2. The van der Waals surface area contributed by atoms with Crippen molar-refractivity contribution < 1.29 is 23.4 Å². The number of aliphatic hydroxyl groups excluding tert-OH is 1. The van der Waals surface area contributed by atoms with E-state index in [-0.39, 0.29) is 47.7 Å².